The Morgan fingerprint density at radius 3 is 2.41 bits per heavy atom. The van der Waals surface area contributed by atoms with Crippen LogP contribution in [0.25, 0.3) is 0 Å². The predicted octanol–water partition coefficient (Wildman–Crippen LogP) is 5.21. The molecule has 0 spiro atoms. The van der Waals surface area contributed by atoms with Crippen molar-refractivity contribution >= 4 is 15.8 Å². The molecule has 10 atom stereocenters. The highest BCUT2D eigenvalue weighted by Gasteiger charge is 2.49. The second-order valence-electron chi connectivity index (χ2n) is 14.8. The Morgan fingerprint density at radius 2 is 1.76 bits per heavy atom. The number of rotatable bonds is 17. The minimum absolute atomic E-state index is 0.0699. The number of aliphatic hydroxyl groups is 2. The van der Waals surface area contributed by atoms with Gasteiger partial charge in [0, 0.05) is 25.9 Å². The van der Waals surface area contributed by atoms with Crippen LogP contribution >= 0.6 is 0 Å². The Hall–Kier alpha value is -2.12. The molecule has 3 heterocycles. The Bertz CT molecular complexity index is 1360. The zero-order valence-electron chi connectivity index (χ0n) is 29.9. The number of hydrogen-bond acceptors (Lipinski definition) is 10. The first kappa shape index (κ1) is 39.7. The SMILES string of the molecule is C=C1C[C@@H](CC(C)(C)C(=O)OCCC)O[C@H]1CC[C@H]1C[C@@H](C)C(=C)[C@@H](C[C@@H]2O[C@H](C[C@H](O)CO)[C@H](OC)[C@H]2CS(=O)(=O)c2ccccc2)O1. The Morgan fingerprint density at radius 1 is 1.06 bits per heavy atom. The van der Waals surface area contributed by atoms with Crippen LogP contribution in [0.3, 0.4) is 0 Å². The summed E-state index contributed by atoms with van der Waals surface area (Å²) in [4.78, 5) is 12.8. The van der Waals surface area contributed by atoms with E-state index >= 15 is 0 Å². The fourth-order valence-electron chi connectivity index (χ4n) is 7.57. The van der Waals surface area contributed by atoms with Gasteiger partial charge < -0.3 is 33.9 Å². The molecule has 2 N–H and O–H groups in total. The third-order valence-electron chi connectivity index (χ3n) is 10.4. The van der Waals surface area contributed by atoms with E-state index in [1.807, 2.05) is 20.8 Å². The summed E-state index contributed by atoms with van der Waals surface area (Å²) >= 11 is 0. The quantitative estimate of drug-likeness (QED) is 0.164. The summed E-state index contributed by atoms with van der Waals surface area (Å²) in [5, 5.41) is 19.8. The summed E-state index contributed by atoms with van der Waals surface area (Å²) < 4.78 is 57.9. The van der Waals surface area contributed by atoms with Crippen LogP contribution in [0, 0.1) is 17.3 Å². The third-order valence-corrected chi connectivity index (χ3v) is 12.2. The molecule has 0 amide bonds. The first-order chi connectivity index (χ1) is 23.2. The molecule has 0 aliphatic carbocycles. The van der Waals surface area contributed by atoms with Crippen LogP contribution in [0.4, 0.5) is 0 Å². The summed E-state index contributed by atoms with van der Waals surface area (Å²) in [7, 11) is -2.16. The first-order valence-corrected chi connectivity index (χ1v) is 19.4. The van der Waals surface area contributed by atoms with E-state index < -0.39 is 52.2 Å². The van der Waals surface area contributed by atoms with Gasteiger partial charge >= 0.3 is 5.97 Å². The topological polar surface area (TPSA) is 138 Å². The van der Waals surface area contributed by atoms with Crippen LogP contribution in [-0.4, -0.2) is 99.5 Å². The minimum Gasteiger partial charge on any atom is -0.465 e. The van der Waals surface area contributed by atoms with Gasteiger partial charge in [-0.1, -0.05) is 45.2 Å². The van der Waals surface area contributed by atoms with E-state index in [2.05, 4.69) is 20.1 Å². The second kappa shape index (κ2) is 17.4. The lowest BCUT2D eigenvalue weighted by molar-refractivity contribution is -0.156. The standard InChI is InChI=1S/C38H58O10S/c1-8-16-45-37(41)38(5,6)21-29-18-25(3)32(47-29)15-14-28-17-24(2)26(4)33(46-28)20-34-31(23-49(42,43)30-12-10-9-11-13-30)36(44-7)35(48-34)19-27(40)22-39/h9-13,24,27-29,31-36,39-40H,3-4,8,14-23H2,1-2,5-7H3/t24-,27+,28+,29+,31+,32+,33-,34+,35-,36-/m1/s1. The number of methoxy groups -OCH3 is 1. The molecule has 1 aromatic rings. The lowest BCUT2D eigenvalue weighted by Gasteiger charge is -2.38. The number of aliphatic hydroxyl groups excluding tert-OH is 2. The molecule has 0 unspecified atom stereocenters. The van der Waals surface area contributed by atoms with E-state index in [0.29, 0.717) is 25.9 Å². The number of benzene rings is 1. The lowest BCUT2D eigenvalue weighted by atomic mass is 9.83. The van der Waals surface area contributed by atoms with Crippen molar-refractivity contribution in [3.05, 3.63) is 54.6 Å². The maximum absolute atomic E-state index is 13.6. The molecule has 49 heavy (non-hydrogen) atoms. The smallest absolute Gasteiger partial charge is 0.311 e. The van der Waals surface area contributed by atoms with Gasteiger partial charge in [0.15, 0.2) is 9.84 Å². The molecular weight excluding hydrogens is 648 g/mol. The van der Waals surface area contributed by atoms with E-state index in [9.17, 15) is 23.4 Å². The van der Waals surface area contributed by atoms with E-state index in [-0.39, 0.29) is 53.4 Å². The molecule has 3 fully saturated rings. The molecule has 0 aromatic heterocycles. The zero-order chi connectivity index (χ0) is 35.9. The predicted molar refractivity (Wildman–Crippen MR) is 187 cm³/mol. The minimum atomic E-state index is -3.68. The number of ether oxygens (including phenoxy) is 5. The van der Waals surface area contributed by atoms with Crippen LogP contribution < -0.4 is 0 Å². The van der Waals surface area contributed by atoms with E-state index in [1.165, 1.54) is 7.11 Å². The average Bonchev–Trinajstić information content (AvgIpc) is 3.57. The van der Waals surface area contributed by atoms with Crippen molar-refractivity contribution in [3.8, 4) is 0 Å². The van der Waals surface area contributed by atoms with Gasteiger partial charge in [0.25, 0.3) is 0 Å². The molecule has 4 rings (SSSR count). The van der Waals surface area contributed by atoms with E-state index in [0.717, 1.165) is 36.8 Å². The highest BCUT2D eigenvalue weighted by molar-refractivity contribution is 7.91. The van der Waals surface area contributed by atoms with Gasteiger partial charge in [-0.05, 0) is 81.6 Å². The normalized spacial score (nSPS) is 31.6. The highest BCUT2D eigenvalue weighted by Crippen LogP contribution is 2.41. The van der Waals surface area contributed by atoms with Gasteiger partial charge in [0.1, 0.15) is 0 Å². The lowest BCUT2D eigenvalue weighted by Crippen LogP contribution is -2.40. The number of hydrogen-bond donors (Lipinski definition) is 2. The van der Waals surface area contributed by atoms with Gasteiger partial charge in [0.2, 0.25) is 0 Å². The van der Waals surface area contributed by atoms with Crippen molar-refractivity contribution in [1.82, 2.24) is 0 Å². The van der Waals surface area contributed by atoms with Crippen molar-refractivity contribution < 1.29 is 47.1 Å². The van der Waals surface area contributed by atoms with Crippen molar-refractivity contribution in [2.75, 3.05) is 26.1 Å². The summed E-state index contributed by atoms with van der Waals surface area (Å²) in [6, 6.07) is 8.33. The van der Waals surface area contributed by atoms with Crippen LogP contribution in [0.5, 0.6) is 0 Å². The van der Waals surface area contributed by atoms with Gasteiger partial charge in [-0.15, -0.1) is 0 Å². The summed E-state index contributed by atoms with van der Waals surface area (Å²) in [6.07, 6.45) is 1.40. The summed E-state index contributed by atoms with van der Waals surface area (Å²) in [5.74, 6) is -0.757. The monoisotopic (exact) mass is 706 g/mol. The Kier molecular flexibility index (Phi) is 14.1. The van der Waals surface area contributed by atoms with E-state index in [1.54, 1.807) is 30.3 Å². The average molecular weight is 707 g/mol. The number of carbonyl (C=O) groups excluding carboxylic acids is 1. The van der Waals surface area contributed by atoms with Gasteiger partial charge in [-0.2, -0.15) is 0 Å². The third kappa shape index (κ3) is 10.2. The van der Waals surface area contributed by atoms with E-state index in [4.69, 9.17) is 23.7 Å². The number of sulfone groups is 1. The van der Waals surface area contributed by atoms with Gasteiger partial charge in [-0.25, -0.2) is 8.42 Å². The number of carbonyl (C=O) groups is 1. The number of esters is 1. The van der Waals surface area contributed by atoms with Crippen molar-refractivity contribution in [2.24, 2.45) is 17.3 Å². The van der Waals surface area contributed by atoms with Crippen LogP contribution in [0.1, 0.15) is 79.1 Å². The molecule has 0 bridgehead atoms. The molecule has 0 radical (unpaired) electrons. The Balaban J connectivity index is 1.42. The first-order valence-electron chi connectivity index (χ1n) is 17.8. The molecular formula is C38H58O10S. The molecule has 276 valence electrons. The molecule has 3 aliphatic rings. The van der Waals surface area contributed by atoms with Gasteiger partial charge in [0.05, 0.1) is 78.1 Å². The molecule has 0 saturated carbocycles. The molecule has 11 heteroatoms. The summed E-state index contributed by atoms with van der Waals surface area (Å²) in [6.45, 7) is 16.5. The second-order valence-corrected chi connectivity index (χ2v) is 16.9. The maximum atomic E-state index is 13.6. The fraction of sp³-hybridized carbons (Fsp3) is 0.711. The fourth-order valence-corrected chi connectivity index (χ4v) is 9.25. The molecule has 3 aliphatic heterocycles. The maximum Gasteiger partial charge on any atom is 0.311 e. The van der Waals surface area contributed by atoms with Crippen LogP contribution in [-0.2, 0) is 38.3 Å². The summed E-state index contributed by atoms with van der Waals surface area (Å²) in [5.41, 5.74) is 1.31. The van der Waals surface area contributed by atoms with Crippen LogP contribution in [0.15, 0.2) is 59.5 Å². The zero-order valence-corrected chi connectivity index (χ0v) is 30.7. The molecule has 3 saturated heterocycles. The Labute approximate surface area is 293 Å². The van der Waals surface area contributed by atoms with Gasteiger partial charge in [-0.3, -0.25) is 4.79 Å². The van der Waals surface area contributed by atoms with Crippen molar-refractivity contribution in [3.63, 3.8) is 0 Å². The highest BCUT2D eigenvalue weighted by atomic mass is 32.2. The van der Waals surface area contributed by atoms with Crippen LogP contribution in [0.2, 0.25) is 0 Å². The largest absolute Gasteiger partial charge is 0.465 e. The molecule has 10 nitrogen and oxygen atoms in total. The molecule has 1 aromatic carbocycles. The van der Waals surface area contributed by atoms with Crippen molar-refractivity contribution in [1.29, 1.82) is 0 Å². The van der Waals surface area contributed by atoms with Crippen molar-refractivity contribution in [2.45, 2.75) is 133 Å².